The monoisotopic (exact) mass is 290 g/mol. The van der Waals surface area contributed by atoms with Crippen LogP contribution < -0.4 is 5.73 Å². The molecule has 0 bridgehead atoms. The molecule has 1 fully saturated rings. The van der Waals surface area contributed by atoms with Crippen LogP contribution in [0.3, 0.4) is 0 Å². The van der Waals surface area contributed by atoms with Gasteiger partial charge in [-0.25, -0.2) is 0 Å². The zero-order valence-electron chi connectivity index (χ0n) is 11.0. The van der Waals surface area contributed by atoms with E-state index in [0.29, 0.717) is 31.9 Å². The number of primary amides is 1. The number of aliphatic hydroxyl groups is 1. The third kappa shape index (κ3) is 6.79. The van der Waals surface area contributed by atoms with Crippen molar-refractivity contribution in [1.82, 2.24) is 4.90 Å². The molecule has 1 rings (SSSR count). The standard InChI is InChI=1S/C12H22N2O4S/c13-11(16)9-19-8-3-12(17)14-4-1-10(2-5-14)18-7-6-15/h10,15H,1-9H2,(H2,13,16). The van der Waals surface area contributed by atoms with Crippen LogP contribution in [0.15, 0.2) is 0 Å². The van der Waals surface area contributed by atoms with Crippen molar-refractivity contribution >= 4 is 23.6 Å². The number of likely N-dealkylation sites (tertiary alicyclic amines) is 1. The summed E-state index contributed by atoms with van der Waals surface area (Å²) in [6.07, 6.45) is 2.24. The van der Waals surface area contributed by atoms with Crippen molar-refractivity contribution in [2.24, 2.45) is 5.73 Å². The number of nitrogens with two attached hydrogens (primary N) is 1. The lowest BCUT2D eigenvalue weighted by Crippen LogP contribution is -2.41. The number of carbonyl (C=O) groups excluding carboxylic acids is 2. The minimum atomic E-state index is -0.348. The summed E-state index contributed by atoms with van der Waals surface area (Å²) in [6, 6.07) is 0. The van der Waals surface area contributed by atoms with E-state index >= 15 is 0 Å². The highest BCUT2D eigenvalue weighted by Crippen LogP contribution is 2.15. The normalized spacial score (nSPS) is 16.6. The molecular formula is C12H22N2O4S. The molecular weight excluding hydrogens is 268 g/mol. The summed E-state index contributed by atoms with van der Waals surface area (Å²) in [4.78, 5) is 24.3. The summed E-state index contributed by atoms with van der Waals surface area (Å²) in [5.74, 6) is 0.671. The van der Waals surface area contributed by atoms with Gasteiger partial charge in [0.15, 0.2) is 0 Å². The first-order valence-corrected chi connectivity index (χ1v) is 7.65. The SMILES string of the molecule is NC(=O)CSCCC(=O)N1CCC(OCCO)CC1. The van der Waals surface area contributed by atoms with E-state index in [1.54, 1.807) is 0 Å². The molecule has 0 saturated carbocycles. The second kappa shape index (κ2) is 9.17. The largest absolute Gasteiger partial charge is 0.394 e. The van der Waals surface area contributed by atoms with Crippen LogP contribution in [0.2, 0.25) is 0 Å². The number of hydrogen-bond donors (Lipinski definition) is 2. The first kappa shape index (κ1) is 16.3. The van der Waals surface area contributed by atoms with Gasteiger partial charge in [-0.1, -0.05) is 0 Å². The molecule has 0 unspecified atom stereocenters. The number of thioether (sulfide) groups is 1. The molecule has 0 aromatic heterocycles. The van der Waals surface area contributed by atoms with Gasteiger partial charge in [-0.3, -0.25) is 9.59 Å². The van der Waals surface area contributed by atoms with Crippen LogP contribution in [-0.2, 0) is 14.3 Å². The van der Waals surface area contributed by atoms with E-state index in [0.717, 1.165) is 12.8 Å². The fraction of sp³-hybridized carbons (Fsp3) is 0.833. The molecule has 19 heavy (non-hydrogen) atoms. The molecule has 2 amide bonds. The Bertz CT molecular complexity index is 293. The van der Waals surface area contributed by atoms with Crippen molar-refractivity contribution in [3.63, 3.8) is 0 Å². The highest BCUT2D eigenvalue weighted by atomic mass is 32.2. The number of aliphatic hydroxyl groups excluding tert-OH is 1. The quantitative estimate of drug-likeness (QED) is 0.593. The van der Waals surface area contributed by atoms with E-state index in [4.69, 9.17) is 15.6 Å². The van der Waals surface area contributed by atoms with E-state index in [-0.39, 0.29) is 30.3 Å². The molecule has 7 heteroatoms. The third-order valence-corrected chi connectivity index (χ3v) is 3.93. The van der Waals surface area contributed by atoms with Gasteiger partial charge in [-0.15, -0.1) is 0 Å². The maximum Gasteiger partial charge on any atom is 0.227 e. The molecule has 1 aliphatic rings. The van der Waals surface area contributed by atoms with Gasteiger partial charge in [0.1, 0.15) is 0 Å². The molecule has 1 heterocycles. The van der Waals surface area contributed by atoms with Gasteiger partial charge < -0.3 is 20.5 Å². The Morgan fingerprint density at radius 2 is 2.05 bits per heavy atom. The average Bonchev–Trinajstić information content (AvgIpc) is 2.41. The molecule has 0 atom stereocenters. The molecule has 110 valence electrons. The van der Waals surface area contributed by atoms with Crippen molar-refractivity contribution in [1.29, 1.82) is 0 Å². The van der Waals surface area contributed by atoms with Crippen LogP contribution in [0, 0.1) is 0 Å². The van der Waals surface area contributed by atoms with E-state index in [2.05, 4.69) is 0 Å². The number of nitrogens with zero attached hydrogens (tertiary/aromatic N) is 1. The molecule has 0 spiro atoms. The van der Waals surface area contributed by atoms with Gasteiger partial charge in [-0.05, 0) is 12.8 Å². The van der Waals surface area contributed by atoms with Gasteiger partial charge in [0.2, 0.25) is 11.8 Å². The van der Waals surface area contributed by atoms with Crippen LogP contribution in [0.1, 0.15) is 19.3 Å². The Labute approximate surface area is 117 Å². The van der Waals surface area contributed by atoms with Crippen molar-refractivity contribution in [3.8, 4) is 0 Å². The lowest BCUT2D eigenvalue weighted by molar-refractivity contribution is -0.133. The topological polar surface area (TPSA) is 92.9 Å². The summed E-state index contributed by atoms with van der Waals surface area (Å²) < 4.78 is 5.44. The predicted molar refractivity (Wildman–Crippen MR) is 73.8 cm³/mol. The van der Waals surface area contributed by atoms with Crippen LogP contribution in [0.25, 0.3) is 0 Å². The minimum absolute atomic E-state index is 0.0379. The van der Waals surface area contributed by atoms with E-state index in [1.807, 2.05) is 4.90 Å². The van der Waals surface area contributed by atoms with Crippen molar-refractivity contribution in [3.05, 3.63) is 0 Å². The number of amides is 2. The van der Waals surface area contributed by atoms with Crippen molar-refractivity contribution in [2.75, 3.05) is 37.8 Å². The Morgan fingerprint density at radius 3 is 2.63 bits per heavy atom. The fourth-order valence-electron chi connectivity index (χ4n) is 1.98. The van der Waals surface area contributed by atoms with Crippen LogP contribution >= 0.6 is 11.8 Å². The molecule has 6 nitrogen and oxygen atoms in total. The molecule has 0 aliphatic carbocycles. The third-order valence-electron chi connectivity index (χ3n) is 2.94. The van der Waals surface area contributed by atoms with Crippen molar-refractivity contribution in [2.45, 2.75) is 25.4 Å². The van der Waals surface area contributed by atoms with Crippen LogP contribution in [0.4, 0.5) is 0 Å². The number of carbonyl (C=O) groups is 2. The zero-order chi connectivity index (χ0) is 14.1. The predicted octanol–water partition coefficient (Wildman–Crippen LogP) is -0.405. The van der Waals surface area contributed by atoms with Gasteiger partial charge in [0.05, 0.1) is 25.1 Å². The van der Waals surface area contributed by atoms with Crippen LogP contribution in [-0.4, -0.2) is 65.7 Å². The molecule has 0 radical (unpaired) electrons. The zero-order valence-corrected chi connectivity index (χ0v) is 11.9. The first-order valence-electron chi connectivity index (χ1n) is 6.49. The van der Waals surface area contributed by atoms with E-state index < -0.39 is 0 Å². The lowest BCUT2D eigenvalue weighted by atomic mass is 10.1. The van der Waals surface area contributed by atoms with Crippen molar-refractivity contribution < 1.29 is 19.4 Å². The first-order chi connectivity index (χ1) is 9.13. The summed E-state index contributed by atoms with van der Waals surface area (Å²) in [5, 5.41) is 8.67. The van der Waals surface area contributed by atoms with Gasteiger partial charge in [-0.2, -0.15) is 11.8 Å². The average molecular weight is 290 g/mol. The second-order valence-corrected chi connectivity index (χ2v) is 5.55. The minimum Gasteiger partial charge on any atom is -0.394 e. The van der Waals surface area contributed by atoms with Gasteiger partial charge in [0, 0.05) is 25.3 Å². The summed E-state index contributed by atoms with van der Waals surface area (Å²) in [5.41, 5.74) is 5.02. The Balaban J connectivity index is 2.12. The molecule has 0 aromatic carbocycles. The molecule has 0 aromatic rings. The highest BCUT2D eigenvalue weighted by Gasteiger charge is 2.22. The number of hydrogen-bond acceptors (Lipinski definition) is 5. The number of ether oxygens (including phenoxy) is 1. The number of rotatable bonds is 8. The van der Waals surface area contributed by atoms with Gasteiger partial charge >= 0.3 is 0 Å². The highest BCUT2D eigenvalue weighted by molar-refractivity contribution is 7.99. The maximum absolute atomic E-state index is 11.9. The second-order valence-electron chi connectivity index (χ2n) is 4.44. The molecule has 3 N–H and O–H groups in total. The van der Waals surface area contributed by atoms with Crippen LogP contribution in [0.5, 0.6) is 0 Å². The number of piperidine rings is 1. The molecule has 1 saturated heterocycles. The maximum atomic E-state index is 11.9. The summed E-state index contributed by atoms with van der Waals surface area (Å²) in [6.45, 7) is 1.81. The summed E-state index contributed by atoms with van der Waals surface area (Å²) >= 11 is 1.39. The molecule has 1 aliphatic heterocycles. The summed E-state index contributed by atoms with van der Waals surface area (Å²) in [7, 11) is 0. The fourth-order valence-corrected chi connectivity index (χ4v) is 2.65. The van der Waals surface area contributed by atoms with E-state index in [9.17, 15) is 9.59 Å². The lowest BCUT2D eigenvalue weighted by Gasteiger charge is -2.31. The van der Waals surface area contributed by atoms with E-state index in [1.165, 1.54) is 11.8 Å². The Kier molecular flexibility index (Phi) is 7.85. The Morgan fingerprint density at radius 1 is 1.37 bits per heavy atom. The Hall–Kier alpha value is -0.790. The smallest absolute Gasteiger partial charge is 0.227 e. The van der Waals surface area contributed by atoms with Gasteiger partial charge in [0.25, 0.3) is 0 Å².